The lowest BCUT2D eigenvalue weighted by Crippen LogP contribution is -2.45. The van der Waals surface area contributed by atoms with E-state index in [4.69, 9.17) is 4.74 Å². The van der Waals surface area contributed by atoms with Gasteiger partial charge in [-0.25, -0.2) is 4.79 Å². The van der Waals surface area contributed by atoms with Crippen molar-refractivity contribution in [2.45, 2.75) is 53.6 Å². The lowest BCUT2D eigenvalue weighted by Gasteiger charge is -2.35. The highest BCUT2D eigenvalue weighted by Gasteiger charge is 2.30. The largest absolute Gasteiger partial charge is 0.444 e. The molecule has 0 aliphatic carbocycles. The lowest BCUT2D eigenvalue weighted by molar-refractivity contribution is -0.114. The Morgan fingerprint density at radius 1 is 1.33 bits per heavy atom. The second-order valence-corrected chi connectivity index (χ2v) is 5.49. The van der Waals surface area contributed by atoms with Crippen LogP contribution in [0.5, 0.6) is 0 Å². The van der Waals surface area contributed by atoms with Crippen LogP contribution in [-0.2, 0) is 9.53 Å². The molecule has 1 rings (SSSR count). The van der Waals surface area contributed by atoms with Gasteiger partial charge in [-0.3, -0.25) is 0 Å². The van der Waals surface area contributed by atoms with Crippen molar-refractivity contribution in [3.63, 3.8) is 0 Å². The van der Waals surface area contributed by atoms with Gasteiger partial charge in [0.1, 0.15) is 11.9 Å². The van der Waals surface area contributed by atoms with Crippen LogP contribution in [0.3, 0.4) is 0 Å². The van der Waals surface area contributed by atoms with Crippen LogP contribution in [0.25, 0.3) is 0 Å². The molecule has 1 heterocycles. The molecule has 18 heavy (non-hydrogen) atoms. The fraction of sp³-hybridized carbons (Fsp3) is 0.857. The van der Waals surface area contributed by atoms with Crippen LogP contribution < -0.4 is 0 Å². The zero-order chi connectivity index (χ0) is 14.3. The fourth-order valence-corrected chi connectivity index (χ4v) is 1.86. The van der Waals surface area contributed by atoms with E-state index in [0.29, 0.717) is 13.1 Å². The van der Waals surface area contributed by atoms with E-state index >= 15 is 0 Å². The highest BCUT2D eigenvalue weighted by molar-refractivity contribution is 5.68. The third kappa shape index (κ3) is 5.52. The number of hydrogen-bond acceptors (Lipinski definition) is 3. The third-order valence-electron chi connectivity index (χ3n) is 2.80. The molecule has 0 N–H and O–H groups in total. The van der Waals surface area contributed by atoms with Crippen LogP contribution in [0.4, 0.5) is 4.79 Å². The summed E-state index contributed by atoms with van der Waals surface area (Å²) in [5, 5.41) is 0. The average molecular weight is 257 g/mol. The van der Waals surface area contributed by atoms with Crippen molar-refractivity contribution in [2.24, 2.45) is 11.8 Å². The number of aldehydes is 1. The van der Waals surface area contributed by atoms with E-state index in [1.54, 1.807) is 4.90 Å². The molecule has 4 heteroatoms. The van der Waals surface area contributed by atoms with Gasteiger partial charge in [0.05, 0.1) is 0 Å². The normalized spacial score (nSPS) is 23.8. The summed E-state index contributed by atoms with van der Waals surface area (Å²) in [7, 11) is 0. The zero-order valence-electron chi connectivity index (χ0n) is 12.5. The summed E-state index contributed by atoms with van der Waals surface area (Å²) in [5.74, 6) is 0.303. The first-order chi connectivity index (χ1) is 8.33. The summed E-state index contributed by atoms with van der Waals surface area (Å²) in [4.78, 5) is 24.2. The maximum absolute atomic E-state index is 11.8. The number of nitrogens with zero attached hydrogens (tertiary/aromatic N) is 1. The molecule has 0 aromatic rings. The number of carbonyl (C=O) groups is 2. The summed E-state index contributed by atoms with van der Waals surface area (Å²) in [6.45, 7) is 12.8. The van der Waals surface area contributed by atoms with Crippen molar-refractivity contribution in [3.8, 4) is 0 Å². The summed E-state index contributed by atoms with van der Waals surface area (Å²) < 4.78 is 5.29. The number of amides is 1. The number of likely N-dealkylation sites (tertiary alicyclic amines) is 1. The second-order valence-electron chi connectivity index (χ2n) is 5.49. The standard InChI is InChI=1S/C12H21NO3.C2H6/c1-9-7-13(6-5-10(9)8-14)11(15)16-12(2,3)4;1-2/h8-10H,5-7H2,1-4H3;1-2H3. The van der Waals surface area contributed by atoms with Gasteiger partial charge in [0, 0.05) is 19.0 Å². The van der Waals surface area contributed by atoms with Crippen LogP contribution in [-0.4, -0.2) is 36.0 Å². The van der Waals surface area contributed by atoms with Crippen LogP contribution >= 0.6 is 0 Å². The number of hydrogen-bond donors (Lipinski definition) is 0. The minimum Gasteiger partial charge on any atom is -0.444 e. The van der Waals surface area contributed by atoms with Crippen molar-refractivity contribution in [3.05, 3.63) is 0 Å². The molecule has 0 aromatic carbocycles. The van der Waals surface area contributed by atoms with Crippen molar-refractivity contribution in [1.82, 2.24) is 4.90 Å². The Morgan fingerprint density at radius 3 is 2.28 bits per heavy atom. The molecular weight excluding hydrogens is 230 g/mol. The average Bonchev–Trinajstić information content (AvgIpc) is 2.29. The molecule has 2 unspecified atom stereocenters. The molecule has 106 valence electrons. The summed E-state index contributed by atoms with van der Waals surface area (Å²) in [6.07, 6.45) is 1.46. The molecular formula is C14H27NO3. The molecule has 1 fully saturated rings. The Bertz CT molecular complexity index is 271. The van der Waals surface area contributed by atoms with Crippen molar-refractivity contribution >= 4 is 12.4 Å². The summed E-state index contributed by atoms with van der Waals surface area (Å²) in [5.41, 5.74) is -0.457. The minimum atomic E-state index is -0.457. The van der Waals surface area contributed by atoms with Crippen molar-refractivity contribution < 1.29 is 14.3 Å². The number of carbonyl (C=O) groups excluding carboxylic acids is 2. The molecule has 4 nitrogen and oxygen atoms in total. The molecule has 0 saturated carbocycles. The second kappa shape index (κ2) is 7.39. The third-order valence-corrected chi connectivity index (χ3v) is 2.80. The number of ether oxygens (including phenoxy) is 1. The molecule has 1 aliphatic heterocycles. The predicted octanol–water partition coefficient (Wildman–Crippen LogP) is 3.10. The maximum Gasteiger partial charge on any atom is 0.410 e. The number of rotatable bonds is 1. The van der Waals surface area contributed by atoms with E-state index in [0.717, 1.165) is 12.7 Å². The highest BCUT2D eigenvalue weighted by atomic mass is 16.6. The van der Waals surface area contributed by atoms with E-state index in [9.17, 15) is 9.59 Å². The van der Waals surface area contributed by atoms with E-state index in [1.165, 1.54) is 0 Å². The molecule has 1 aliphatic rings. The molecule has 0 spiro atoms. The summed E-state index contributed by atoms with van der Waals surface area (Å²) >= 11 is 0. The topological polar surface area (TPSA) is 46.6 Å². The monoisotopic (exact) mass is 257 g/mol. The zero-order valence-corrected chi connectivity index (χ0v) is 12.5. The van der Waals surface area contributed by atoms with Gasteiger partial charge in [0.2, 0.25) is 0 Å². The van der Waals surface area contributed by atoms with Gasteiger partial charge < -0.3 is 14.4 Å². The first-order valence-electron chi connectivity index (χ1n) is 6.76. The van der Waals surface area contributed by atoms with E-state index in [-0.39, 0.29) is 17.9 Å². The Kier molecular flexibility index (Phi) is 6.96. The molecule has 2 atom stereocenters. The van der Waals surface area contributed by atoms with Crippen LogP contribution in [0.1, 0.15) is 48.0 Å². The fourth-order valence-electron chi connectivity index (χ4n) is 1.86. The maximum atomic E-state index is 11.8. The summed E-state index contributed by atoms with van der Waals surface area (Å²) in [6, 6.07) is 0. The van der Waals surface area contributed by atoms with Crippen LogP contribution in [0, 0.1) is 11.8 Å². The van der Waals surface area contributed by atoms with Gasteiger partial charge in [-0.2, -0.15) is 0 Å². The minimum absolute atomic E-state index is 0.0821. The molecule has 1 amide bonds. The van der Waals surface area contributed by atoms with Gasteiger partial charge in [0.25, 0.3) is 0 Å². The van der Waals surface area contributed by atoms with Crippen molar-refractivity contribution in [2.75, 3.05) is 13.1 Å². The Labute approximate surface area is 111 Å². The quantitative estimate of drug-likeness (QED) is 0.678. The molecule has 0 radical (unpaired) electrons. The Hall–Kier alpha value is -1.06. The van der Waals surface area contributed by atoms with Gasteiger partial charge in [0.15, 0.2) is 0 Å². The van der Waals surface area contributed by atoms with Gasteiger partial charge in [-0.1, -0.05) is 20.8 Å². The molecule has 1 saturated heterocycles. The Morgan fingerprint density at radius 2 is 1.89 bits per heavy atom. The van der Waals surface area contributed by atoms with Gasteiger partial charge in [-0.15, -0.1) is 0 Å². The molecule has 0 aromatic heterocycles. The smallest absolute Gasteiger partial charge is 0.410 e. The van der Waals surface area contributed by atoms with Gasteiger partial charge in [-0.05, 0) is 33.1 Å². The van der Waals surface area contributed by atoms with E-state index < -0.39 is 5.60 Å². The van der Waals surface area contributed by atoms with Crippen LogP contribution in [0.15, 0.2) is 0 Å². The van der Waals surface area contributed by atoms with Crippen molar-refractivity contribution in [1.29, 1.82) is 0 Å². The lowest BCUT2D eigenvalue weighted by atomic mass is 9.88. The first kappa shape index (κ1) is 16.9. The SMILES string of the molecule is CC.CC1CN(C(=O)OC(C)(C)C)CCC1C=O. The first-order valence-corrected chi connectivity index (χ1v) is 6.76. The van der Waals surface area contributed by atoms with E-state index in [1.807, 2.05) is 41.5 Å². The number of piperidine rings is 1. The van der Waals surface area contributed by atoms with Gasteiger partial charge >= 0.3 is 6.09 Å². The van der Waals surface area contributed by atoms with E-state index in [2.05, 4.69) is 0 Å². The highest BCUT2D eigenvalue weighted by Crippen LogP contribution is 2.22. The predicted molar refractivity (Wildman–Crippen MR) is 72.5 cm³/mol. The van der Waals surface area contributed by atoms with Crippen LogP contribution in [0.2, 0.25) is 0 Å². The Balaban J connectivity index is 0.00000137. The molecule has 0 bridgehead atoms.